The Morgan fingerprint density at radius 3 is 2.48 bits per heavy atom. The number of nitrogens with one attached hydrogen (secondary N) is 2. The second-order valence-electron chi connectivity index (χ2n) is 4.96. The maximum Gasteiger partial charge on any atom is 0.191 e. The highest BCUT2D eigenvalue weighted by molar-refractivity contribution is 5.80. The molecule has 0 aliphatic carbocycles. The molecule has 21 heavy (non-hydrogen) atoms. The minimum Gasteiger partial charge on any atom is -0.497 e. The first kappa shape index (κ1) is 17.3. The predicted molar refractivity (Wildman–Crippen MR) is 86.8 cm³/mol. The molecular formula is C16H27N3O2. The monoisotopic (exact) mass is 293 g/mol. The Balaban J connectivity index is 2.64. The number of benzene rings is 1. The third-order valence-electron chi connectivity index (χ3n) is 3.26. The normalized spacial score (nSPS) is 14.4. The number of rotatable bonds is 7. The third-order valence-corrected chi connectivity index (χ3v) is 3.26. The molecular weight excluding hydrogens is 266 g/mol. The van der Waals surface area contributed by atoms with Crippen LogP contribution in [0.3, 0.4) is 0 Å². The van der Waals surface area contributed by atoms with Crippen LogP contribution in [0.2, 0.25) is 0 Å². The summed E-state index contributed by atoms with van der Waals surface area (Å²) >= 11 is 0. The van der Waals surface area contributed by atoms with Gasteiger partial charge in [0.2, 0.25) is 0 Å². The van der Waals surface area contributed by atoms with Gasteiger partial charge in [-0.3, -0.25) is 4.99 Å². The zero-order valence-electron chi connectivity index (χ0n) is 13.4. The number of ether oxygens (including phenoxy) is 1. The van der Waals surface area contributed by atoms with Gasteiger partial charge >= 0.3 is 0 Å². The Morgan fingerprint density at radius 1 is 1.29 bits per heavy atom. The minimum absolute atomic E-state index is 0.318. The van der Waals surface area contributed by atoms with Crippen LogP contribution in [-0.2, 0) is 0 Å². The van der Waals surface area contributed by atoms with E-state index >= 15 is 0 Å². The van der Waals surface area contributed by atoms with Crippen molar-refractivity contribution >= 4 is 5.96 Å². The summed E-state index contributed by atoms with van der Waals surface area (Å²) < 4.78 is 5.11. The Labute approximate surface area is 127 Å². The van der Waals surface area contributed by atoms with Crippen molar-refractivity contribution < 1.29 is 9.84 Å². The SMILES string of the molecule is CCNC(=NCC(O)c1ccc(OC)cc1)NC(C)CC. The lowest BCUT2D eigenvalue weighted by Crippen LogP contribution is -2.42. The molecule has 0 aliphatic rings. The van der Waals surface area contributed by atoms with E-state index in [0.29, 0.717) is 12.6 Å². The minimum atomic E-state index is -0.622. The number of aliphatic hydroxyl groups is 1. The molecule has 1 aromatic rings. The third kappa shape index (κ3) is 6.04. The number of methoxy groups -OCH3 is 1. The molecule has 0 radical (unpaired) electrons. The number of aliphatic imine (C=N–C) groups is 1. The van der Waals surface area contributed by atoms with Gasteiger partial charge in [0.05, 0.1) is 19.8 Å². The van der Waals surface area contributed by atoms with Crippen LogP contribution in [0.15, 0.2) is 29.3 Å². The predicted octanol–water partition coefficient (Wildman–Crippen LogP) is 2.08. The molecule has 1 rings (SSSR count). The van der Waals surface area contributed by atoms with Gasteiger partial charge in [-0.15, -0.1) is 0 Å². The van der Waals surface area contributed by atoms with Crippen molar-refractivity contribution in [2.45, 2.75) is 39.3 Å². The summed E-state index contributed by atoms with van der Waals surface area (Å²) in [5.41, 5.74) is 0.832. The molecule has 0 aromatic heterocycles. The Hall–Kier alpha value is -1.75. The molecule has 0 bridgehead atoms. The molecule has 1 aromatic carbocycles. The number of aliphatic hydroxyl groups excluding tert-OH is 1. The highest BCUT2D eigenvalue weighted by atomic mass is 16.5. The van der Waals surface area contributed by atoms with Gasteiger partial charge in [-0.2, -0.15) is 0 Å². The van der Waals surface area contributed by atoms with Crippen molar-refractivity contribution in [3.05, 3.63) is 29.8 Å². The lowest BCUT2D eigenvalue weighted by molar-refractivity contribution is 0.187. The number of hydrogen-bond acceptors (Lipinski definition) is 3. The van der Waals surface area contributed by atoms with E-state index in [1.165, 1.54) is 0 Å². The van der Waals surface area contributed by atoms with E-state index in [1.807, 2.05) is 31.2 Å². The van der Waals surface area contributed by atoms with E-state index in [4.69, 9.17) is 4.74 Å². The molecule has 0 fully saturated rings. The van der Waals surface area contributed by atoms with E-state index in [2.05, 4.69) is 29.5 Å². The van der Waals surface area contributed by atoms with Crippen molar-refractivity contribution in [1.29, 1.82) is 0 Å². The van der Waals surface area contributed by atoms with Gasteiger partial charge in [0.1, 0.15) is 5.75 Å². The van der Waals surface area contributed by atoms with Crippen LogP contribution in [0.1, 0.15) is 38.9 Å². The summed E-state index contributed by atoms with van der Waals surface area (Å²) in [6.45, 7) is 7.35. The van der Waals surface area contributed by atoms with E-state index in [1.54, 1.807) is 7.11 Å². The first-order valence-corrected chi connectivity index (χ1v) is 7.47. The fourth-order valence-corrected chi connectivity index (χ4v) is 1.76. The lowest BCUT2D eigenvalue weighted by atomic mass is 10.1. The molecule has 5 heteroatoms. The molecule has 118 valence electrons. The zero-order chi connectivity index (χ0) is 15.7. The Kier molecular flexibility index (Phi) is 7.61. The quantitative estimate of drug-likeness (QED) is 0.532. The van der Waals surface area contributed by atoms with E-state index < -0.39 is 6.10 Å². The molecule has 3 N–H and O–H groups in total. The lowest BCUT2D eigenvalue weighted by Gasteiger charge is -2.17. The molecule has 0 heterocycles. The maximum atomic E-state index is 10.2. The zero-order valence-corrected chi connectivity index (χ0v) is 13.4. The number of guanidine groups is 1. The molecule has 0 aliphatic heterocycles. The maximum absolute atomic E-state index is 10.2. The van der Waals surface area contributed by atoms with Crippen molar-refractivity contribution in [2.24, 2.45) is 4.99 Å². The van der Waals surface area contributed by atoms with Crippen LogP contribution in [0, 0.1) is 0 Å². The van der Waals surface area contributed by atoms with Crippen molar-refractivity contribution in [2.75, 3.05) is 20.2 Å². The molecule has 0 saturated carbocycles. The van der Waals surface area contributed by atoms with Crippen LogP contribution in [0.5, 0.6) is 5.75 Å². The molecule has 0 saturated heterocycles. The molecule has 2 atom stereocenters. The average Bonchev–Trinajstić information content (AvgIpc) is 2.52. The van der Waals surface area contributed by atoms with Gasteiger partial charge in [-0.05, 0) is 38.0 Å². The van der Waals surface area contributed by atoms with Crippen molar-refractivity contribution in [3.63, 3.8) is 0 Å². The van der Waals surface area contributed by atoms with Crippen LogP contribution in [-0.4, -0.2) is 37.3 Å². The van der Waals surface area contributed by atoms with Gasteiger partial charge in [-0.1, -0.05) is 19.1 Å². The van der Waals surface area contributed by atoms with Crippen molar-refractivity contribution in [3.8, 4) is 5.75 Å². The van der Waals surface area contributed by atoms with Gasteiger partial charge in [0.25, 0.3) is 0 Å². The van der Waals surface area contributed by atoms with Gasteiger partial charge in [-0.25, -0.2) is 0 Å². The summed E-state index contributed by atoms with van der Waals surface area (Å²) in [5.74, 6) is 1.51. The van der Waals surface area contributed by atoms with Gasteiger partial charge in [0.15, 0.2) is 5.96 Å². The molecule has 2 unspecified atom stereocenters. The van der Waals surface area contributed by atoms with Crippen LogP contribution in [0.25, 0.3) is 0 Å². The van der Waals surface area contributed by atoms with E-state index in [0.717, 1.165) is 30.2 Å². The first-order valence-electron chi connectivity index (χ1n) is 7.47. The summed E-state index contributed by atoms with van der Waals surface area (Å²) in [6, 6.07) is 7.73. The average molecular weight is 293 g/mol. The summed E-state index contributed by atoms with van der Waals surface area (Å²) in [5, 5.41) is 16.7. The van der Waals surface area contributed by atoms with Crippen molar-refractivity contribution in [1.82, 2.24) is 10.6 Å². The first-order chi connectivity index (χ1) is 10.1. The Morgan fingerprint density at radius 2 is 1.95 bits per heavy atom. The second kappa shape index (κ2) is 9.23. The number of hydrogen-bond donors (Lipinski definition) is 3. The van der Waals surface area contributed by atoms with E-state index in [9.17, 15) is 5.11 Å². The standard InChI is InChI=1S/C16H27N3O2/c1-5-12(3)19-16(17-6-2)18-11-15(20)13-7-9-14(21-4)10-8-13/h7-10,12,15,20H,5-6,11H2,1-4H3,(H2,17,18,19). The smallest absolute Gasteiger partial charge is 0.191 e. The fraction of sp³-hybridized carbons (Fsp3) is 0.562. The van der Waals surface area contributed by atoms with Gasteiger partial charge in [0, 0.05) is 12.6 Å². The summed E-state index contributed by atoms with van der Waals surface area (Å²) in [6.07, 6.45) is 0.397. The highest BCUT2D eigenvalue weighted by Crippen LogP contribution is 2.17. The van der Waals surface area contributed by atoms with Crippen LogP contribution in [0.4, 0.5) is 0 Å². The highest BCUT2D eigenvalue weighted by Gasteiger charge is 2.08. The summed E-state index contributed by atoms with van der Waals surface area (Å²) in [4.78, 5) is 4.43. The topological polar surface area (TPSA) is 65.9 Å². The molecule has 0 spiro atoms. The number of nitrogens with zero attached hydrogens (tertiary/aromatic N) is 1. The molecule has 5 nitrogen and oxygen atoms in total. The Bertz CT molecular complexity index is 432. The summed E-state index contributed by atoms with van der Waals surface area (Å²) in [7, 11) is 1.62. The fourth-order valence-electron chi connectivity index (χ4n) is 1.76. The van der Waals surface area contributed by atoms with Crippen LogP contribution >= 0.6 is 0 Å². The van der Waals surface area contributed by atoms with E-state index in [-0.39, 0.29) is 0 Å². The van der Waals surface area contributed by atoms with Gasteiger partial charge < -0.3 is 20.5 Å². The van der Waals surface area contributed by atoms with Crippen LogP contribution < -0.4 is 15.4 Å². The second-order valence-corrected chi connectivity index (χ2v) is 4.96. The largest absolute Gasteiger partial charge is 0.497 e. The molecule has 0 amide bonds.